The first-order valence-corrected chi connectivity index (χ1v) is 7.03. The molecule has 0 aliphatic carbocycles. The minimum atomic E-state index is -0.553. The average Bonchev–Trinajstić information content (AvgIpc) is 2.49. The van der Waals surface area contributed by atoms with Gasteiger partial charge in [0.1, 0.15) is 5.82 Å². The molecule has 0 bridgehead atoms. The Morgan fingerprint density at radius 3 is 2.86 bits per heavy atom. The first-order chi connectivity index (χ1) is 10.1. The maximum Gasteiger partial charge on any atom is 0.258 e. The van der Waals surface area contributed by atoms with Crippen molar-refractivity contribution in [1.82, 2.24) is 0 Å². The van der Waals surface area contributed by atoms with Gasteiger partial charge in [0.15, 0.2) is 0 Å². The Bertz CT molecular complexity index is 712. The number of benzene rings is 2. The van der Waals surface area contributed by atoms with Crippen molar-refractivity contribution in [2.24, 2.45) is 0 Å². The van der Waals surface area contributed by atoms with E-state index >= 15 is 0 Å². The molecule has 1 heterocycles. The van der Waals surface area contributed by atoms with Crippen molar-refractivity contribution in [1.29, 1.82) is 0 Å². The molecular formula is C17H17FN2O. The van der Waals surface area contributed by atoms with Crippen LogP contribution in [0.15, 0.2) is 36.4 Å². The summed E-state index contributed by atoms with van der Waals surface area (Å²) >= 11 is 0. The van der Waals surface area contributed by atoms with Crippen molar-refractivity contribution >= 4 is 17.3 Å². The SMILES string of the molecule is Cc1cccc2c1N(C(=O)c1ccc(N)c(F)c1)CCC2. The molecule has 4 heteroatoms. The second-order valence-electron chi connectivity index (χ2n) is 5.38. The number of nitrogens with zero attached hydrogens (tertiary/aromatic N) is 1. The molecule has 2 aromatic carbocycles. The van der Waals surface area contributed by atoms with E-state index in [2.05, 4.69) is 0 Å². The predicted molar refractivity (Wildman–Crippen MR) is 82.0 cm³/mol. The van der Waals surface area contributed by atoms with Crippen LogP contribution in [-0.4, -0.2) is 12.5 Å². The van der Waals surface area contributed by atoms with E-state index in [0.29, 0.717) is 12.1 Å². The van der Waals surface area contributed by atoms with Crippen LogP contribution in [0.1, 0.15) is 27.9 Å². The molecule has 1 amide bonds. The Hall–Kier alpha value is -2.36. The maximum atomic E-state index is 13.6. The summed E-state index contributed by atoms with van der Waals surface area (Å²) in [5.74, 6) is -0.730. The molecule has 0 saturated heterocycles. The standard InChI is InChI=1S/C17H17FN2O/c1-11-4-2-5-12-6-3-9-20(16(11)12)17(21)13-7-8-15(19)14(18)10-13/h2,4-5,7-8,10H,3,6,9,19H2,1H3. The van der Waals surface area contributed by atoms with Crippen LogP contribution in [0.5, 0.6) is 0 Å². The molecule has 0 atom stereocenters. The lowest BCUT2D eigenvalue weighted by molar-refractivity contribution is 0.0984. The molecule has 0 unspecified atom stereocenters. The smallest absolute Gasteiger partial charge is 0.258 e. The van der Waals surface area contributed by atoms with Crippen molar-refractivity contribution in [3.63, 3.8) is 0 Å². The van der Waals surface area contributed by atoms with Crippen molar-refractivity contribution in [2.45, 2.75) is 19.8 Å². The molecular weight excluding hydrogens is 267 g/mol. The van der Waals surface area contributed by atoms with Crippen LogP contribution >= 0.6 is 0 Å². The van der Waals surface area contributed by atoms with E-state index in [1.54, 1.807) is 11.0 Å². The van der Waals surface area contributed by atoms with Crippen molar-refractivity contribution in [3.8, 4) is 0 Å². The number of fused-ring (bicyclic) bond motifs is 1. The Morgan fingerprint density at radius 1 is 1.29 bits per heavy atom. The highest BCUT2D eigenvalue weighted by atomic mass is 19.1. The Morgan fingerprint density at radius 2 is 2.10 bits per heavy atom. The largest absolute Gasteiger partial charge is 0.396 e. The summed E-state index contributed by atoms with van der Waals surface area (Å²) in [6.07, 6.45) is 1.89. The van der Waals surface area contributed by atoms with Gasteiger partial charge < -0.3 is 10.6 Å². The molecule has 3 nitrogen and oxygen atoms in total. The number of halogens is 1. The molecule has 2 N–H and O–H groups in total. The van der Waals surface area contributed by atoms with E-state index < -0.39 is 5.82 Å². The van der Waals surface area contributed by atoms with Crippen molar-refractivity contribution in [2.75, 3.05) is 17.2 Å². The number of hydrogen-bond acceptors (Lipinski definition) is 2. The fourth-order valence-corrected chi connectivity index (χ4v) is 2.87. The summed E-state index contributed by atoms with van der Waals surface area (Å²) < 4.78 is 13.6. The summed E-state index contributed by atoms with van der Waals surface area (Å²) in [5.41, 5.74) is 9.06. The molecule has 0 fully saturated rings. The zero-order valence-electron chi connectivity index (χ0n) is 11.9. The summed E-state index contributed by atoms with van der Waals surface area (Å²) in [4.78, 5) is 14.4. The van der Waals surface area contributed by atoms with Crippen LogP contribution < -0.4 is 10.6 Å². The molecule has 1 aliphatic rings. The third-order valence-corrected chi connectivity index (χ3v) is 3.91. The van der Waals surface area contributed by atoms with Gasteiger partial charge in [0.05, 0.1) is 11.4 Å². The highest BCUT2D eigenvalue weighted by molar-refractivity contribution is 6.07. The maximum absolute atomic E-state index is 13.6. The lowest BCUT2D eigenvalue weighted by Gasteiger charge is -2.31. The van der Waals surface area contributed by atoms with Crippen LogP contribution in [0.2, 0.25) is 0 Å². The van der Waals surface area contributed by atoms with E-state index in [1.165, 1.54) is 17.7 Å². The minimum absolute atomic E-state index is 0.0572. The van der Waals surface area contributed by atoms with Crippen molar-refractivity contribution in [3.05, 3.63) is 58.9 Å². The van der Waals surface area contributed by atoms with Gasteiger partial charge in [0.25, 0.3) is 5.91 Å². The van der Waals surface area contributed by atoms with E-state index in [4.69, 9.17) is 5.73 Å². The molecule has 0 aromatic heterocycles. The number of nitrogens with two attached hydrogens (primary N) is 1. The molecule has 2 aromatic rings. The van der Waals surface area contributed by atoms with Crippen LogP contribution in [-0.2, 0) is 6.42 Å². The highest BCUT2D eigenvalue weighted by Gasteiger charge is 2.25. The van der Waals surface area contributed by atoms with Crippen LogP contribution in [0.25, 0.3) is 0 Å². The molecule has 0 radical (unpaired) electrons. The minimum Gasteiger partial charge on any atom is -0.396 e. The van der Waals surface area contributed by atoms with Crippen LogP contribution in [0, 0.1) is 12.7 Å². The number of carbonyl (C=O) groups is 1. The monoisotopic (exact) mass is 284 g/mol. The number of para-hydroxylation sites is 1. The fourth-order valence-electron chi connectivity index (χ4n) is 2.87. The highest BCUT2D eigenvalue weighted by Crippen LogP contribution is 2.31. The second-order valence-corrected chi connectivity index (χ2v) is 5.38. The van der Waals surface area contributed by atoms with Gasteiger partial charge in [0, 0.05) is 12.1 Å². The van der Waals surface area contributed by atoms with E-state index in [1.807, 2.05) is 25.1 Å². The van der Waals surface area contributed by atoms with E-state index in [9.17, 15) is 9.18 Å². The third kappa shape index (κ3) is 2.37. The number of rotatable bonds is 1. The number of nitrogen functional groups attached to an aromatic ring is 1. The summed E-state index contributed by atoms with van der Waals surface area (Å²) in [5, 5.41) is 0. The van der Waals surface area contributed by atoms with E-state index in [0.717, 1.165) is 24.1 Å². The first-order valence-electron chi connectivity index (χ1n) is 7.03. The fraction of sp³-hybridized carbons (Fsp3) is 0.235. The first kappa shape index (κ1) is 13.6. The van der Waals surface area contributed by atoms with E-state index in [-0.39, 0.29) is 11.6 Å². The van der Waals surface area contributed by atoms with Gasteiger partial charge in [-0.2, -0.15) is 0 Å². The molecule has 0 saturated carbocycles. The predicted octanol–water partition coefficient (Wildman–Crippen LogP) is 3.31. The zero-order valence-corrected chi connectivity index (χ0v) is 11.9. The molecule has 3 rings (SSSR count). The van der Waals surface area contributed by atoms with Crippen LogP contribution in [0.3, 0.4) is 0 Å². The zero-order chi connectivity index (χ0) is 15.0. The molecule has 0 spiro atoms. The Balaban J connectivity index is 2.02. The Kier molecular flexibility index (Phi) is 3.37. The summed E-state index contributed by atoms with van der Waals surface area (Å²) in [7, 11) is 0. The lowest BCUT2D eigenvalue weighted by atomic mass is 9.97. The van der Waals surface area contributed by atoms with Gasteiger partial charge in [0.2, 0.25) is 0 Å². The van der Waals surface area contributed by atoms with Gasteiger partial charge >= 0.3 is 0 Å². The van der Waals surface area contributed by atoms with Crippen LogP contribution in [0.4, 0.5) is 15.8 Å². The van der Waals surface area contributed by atoms with Gasteiger partial charge in [-0.05, 0) is 49.1 Å². The van der Waals surface area contributed by atoms with Gasteiger partial charge in [-0.3, -0.25) is 4.79 Å². The number of aryl methyl sites for hydroxylation is 2. The van der Waals surface area contributed by atoms with Gasteiger partial charge in [-0.15, -0.1) is 0 Å². The summed E-state index contributed by atoms with van der Waals surface area (Å²) in [6.45, 7) is 2.65. The average molecular weight is 284 g/mol. The molecule has 21 heavy (non-hydrogen) atoms. The Labute approximate surface area is 123 Å². The van der Waals surface area contributed by atoms with Gasteiger partial charge in [-0.1, -0.05) is 18.2 Å². The molecule has 108 valence electrons. The van der Waals surface area contributed by atoms with Gasteiger partial charge in [-0.25, -0.2) is 4.39 Å². The lowest BCUT2D eigenvalue weighted by Crippen LogP contribution is -2.36. The number of anilines is 2. The topological polar surface area (TPSA) is 46.3 Å². The summed E-state index contributed by atoms with van der Waals surface area (Å²) in [6, 6.07) is 10.3. The molecule has 1 aliphatic heterocycles. The third-order valence-electron chi connectivity index (χ3n) is 3.91. The quantitative estimate of drug-likeness (QED) is 0.817. The second kappa shape index (κ2) is 5.20. The number of hydrogen-bond donors (Lipinski definition) is 1. The number of amides is 1. The van der Waals surface area contributed by atoms with Crippen molar-refractivity contribution < 1.29 is 9.18 Å². The normalized spacial score (nSPS) is 13.9. The number of carbonyl (C=O) groups excluding carboxylic acids is 1.